The van der Waals surface area contributed by atoms with Crippen LogP contribution in [0.25, 0.3) is 5.65 Å². The lowest BCUT2D eigenvalue weighted by molar-refractivity contribution is -0.134. The summed E-state index contributed by atoms with van der Waals surface area (Å²) in [4.78, 5) is 51.4. The van der Waals surface area contributed by atoms with Crippen molar-refractivity contribution < 1.29 is 14.4 Å². The van der Waals surface area contributed by atoms with Crippen LogP contribution >= 0.6 is 0 Å². The van der Waals surface area contributed by atoms with Crippen LogP contribution in [-0.4, -0.2) is 49.0 Å². The third kappa shape index (κ3) is 3.88. The van der Waals surface area contributed by atoms with E-state index < -0.39 is 17.5 Å². The normalized spacial score (nSPS) is 17.5. The molecule has 0 atom stereocenters. The van der Waals surface area contributed by atoms with Gasteiger partial charge in [-0.25, -0.2) is 14.3 Å². The smallest absolute Gasteiger partial charge is 0.325 e. The quantitative estimate of drug-likeness (QED) is 0.577. The second-order valence-corrected chi connectivity index (χ2v) is 8.58. The van der Waals surface area contributed by atoms with Crippen LogP contribution in [0.4, 0.5) is 10.5 Å². The molecule has 1 aromatic carbocycles. The first-order valence-corrected chi connectivity index (χ1v) is 11.0. The van der Waals surface area contributed by atoms with Crippen molar-refractivity contribution in [3.05, 3.63) is 64.7 Å². The van der Waals surface area contributed by atoms with Crippen LogP contribution in [-0.2, 0) is 16.1 Å². The number of nitrogens with zero attached hydrogens (tertiary/aromatic N) is 4. The predicted molar refractivity (Wildman–Crippen MR) is 120 cm³/mol. The van der Waals surface area contributed by atoms with E-state index in [1.165, 1.54) is 9.08 Å². The molecular weight excluding hydrogens is 424 g/mol. The molecule has 2 aromatic heterocycles. The van der Waals surface area contributed by atoms with Gasteiger partial charge in [-0.05, 0) is 42.7 Å². The molecule has 1 aliphatic heterocycles. The standard InChI is InChI=1S/C23H24N6O4/c30-19(15-28-20(31)23(25-21(28)32)10-3-1-4-11-23)24-17-8-6-7-16(13-17)14-29-22(33)27-12-5-2-9-18(27)26-29/h2,5-9,12-13H,1,3-4,10-11,14-15H2,(H,24,30)(H,25,32). The van der Waals surface area contributed by atoms with Crippen molar-refractivity contribution in [3.8, 4) is 0 Å². The van der Waals surface area contributed by atoms with Gasteiger partial charge >= 0.3 is 11.7 Å². The Bertz CT molecular complexity index is 1300. The number of fused-ring (bicyclic) bond motifs is 1. The number of carbonyl (C=O) groups excluding carboxylic acids is 3. The molecule has 2 N–H and O–H groups in total. The molecule has 170 valence electrons. The number of benzene rings is 1. The Kier molecular flexibility index (Phi) is 5.20. The Labute approximate surface area is 189 Å². The van der Waals surface area contributed by atoms with Gasteiger partial charge < -0.3 is 10.6 Å². The number of hydrogen-bond donors (Lipinski definition) is 2. The zero-order valence-corrected chi connectivity index (χ0v) is 18.0. The number of carbonyl (C=O) groups is 3. The summed E-state index contributed by atoms with van der Waals surface area (Å²) in [7, 11) is 0. The lowest BCUT2D eigenvalue weighted by atomic mass is 9.82. The maximum Gasteiger partial charge on any atom is 0.350 e. The van der Waals surface area contributed by atoms with Crippen LogP contribution in [0, 0.1) is 0 Å². The third-order valence-electron chi connectivity index (χ3n) is 6.29. The van der Waals surface area contributed by atoms with E-state index >= 15 is 0 Å². The number of urea groups is 1. The van der Waals surface area contributed by atoms with Gasteiger partial charge in [0.15, 0.2) is 5.65 Å². The number of nitrogens with one attached hydrogen (secondary N) is 2. The van der Waals surface area contributed by atoms with Gasteiger partial charge in [-0.3, -0.25) is 18.9 Å². The molecule has 0 unspecified atom stereocenters. The van der Waals surface area contributed by atoms with Gasteiger partial charge in [-0.15, -0.1) is 5.10 Å². The number of rotatable bonds is 5. The molecule has 3 aromatic rings. The molecule has 2 fully saturated rings. The van der Waals surface area contributed by atoms with E-state index in [0.29, 0.717) is 24.2 Å². The molecule has 33 heavy (non-hydrogen) atoms. The van der Waals surface area contributed by atoms with Crippen molar-refractivity contribution >= 4 is 29.2 Å². The Morgan fingerprint density at radius 2 is 1.88 bits per heavy atom. The highest BCUT2D eigenvalue weighted by molar-refractivity contribution is 6.10. The molecule has 1 aliphatic carbocycles. The summed E-state index contributed by atoms with van der Waals surface area (Å²) in [6.07, 6.45) is 5.69. The SMILES string of the molecule is O=C(CN1C(=O)NC2(CCCCC2)C1=O)Nc1cccc(Cn2nc3ccccn3c2=O)c1. The minimum Gasteiger partial charge on any atom is -0.325 e. The summed E-state index contributed by atoms with van der Waals surface area (Å²) in [5.74, 6) is -0.782. The maximum atomic E-state index is 12.9. The highest BCUT2D eigenvalue weighted by Gasteiger charge is 2.51. The van der Waals surface area contributed by atoms with Gasteiger partial charge in [0.1, 0.15) is 12.1 Å². The molecule has 0 bridgehead atoms. The summed E-state index contributed by atoms with van der Waals surface area (Å²) >= 11 is 0. The molecule has 1 spiro atoms. The van der Waals surface area contributed by atoms with Gasteiger partial charge in [0.25, 0.3) is 5.91 Å². The van der Waals surface area contributed by atoms with Gasteiger partial charge in [0, 0.05) is 11.9 Å². The number of pyridine rings is 1. The summed E-state index contributed by atoms with van der Waals surface area (Å²) in [5.41, 5.74) is 0.728. The number of aromatic nitrogens is 3. The fraction of sp³-hybridized carbons (Fsp3) is 0.348. The van der Waals surface area contributed by atoms with E-state index in [0.717, 1.165) is 29.7 Å². The van der Waals surface area contributed by atoms with Crippen molar-refractivity contribution in [2.45, 2.75) is 44.2 Å². The van der Waals surface area contributed by atoms with Crippen LogP contribution in [0.3, 0.4) is 0 Å². The minimum absolute atomic E-state index is 0.236. The number of imide groups is 1. The summed E-state index contributed by atoms with van der Waals surface area (Å²) < 4.78 is 2.82. The van der Waals surface area contributed by atoms with Crippen LogP contribution < -0.4 is 16.3 Å². The van der Waals surface area contributed by atoms with E-state index in [4.69, 9.17) is 0 Å². The average molecular weight is 448 g/mol. The first kappa shape index (κ1) is 20.9. The van der Waals surface area contributed by atoms with E-state index in [1.807, 2.05) is 12.1 Å². The van der Waals surface area contributed by atoms with E-state index in [1.54, 1.807) is 36.5 Å². The van der Waals surface area contributed by atoms with E-state index in [2.05, 4.69) is 15.7 Å². The Morgan fingerprint density at radius 1 is 1.06 bits per heavy atom. The van der Waals surface area contributed by atoms with Crippen molar-refractivity contribution in [2.24, 2.45) is 0 Å². The van der Waals surface area contributed by atoms with Crippen LogP contribution in [0.1, 0.15) is 37.7 Å². The first-order chi connectivity index (χ1) is 15.9. The summed E-state index contributed by atoms with van der Waals surface area (Å²) in [6.45, 7) is -0.109. The molecule has 3 heterocycles. The van der Waals surface area contributed by atoms with E-state index in [9.17, 15) is 19.2 Å². The van der Waals surface area contributed by atoms with Crippen molar-refractivity contribution in [1.29, 1.82) is 0 Å². The summed E-state index contributed by atoms with van der Waals surface area (Å²) in [5, 5.41) is 9.87. The second kappa shape index (κ2) is 8.19. The largest absolute Gasteiger partial charge is 0.350 e. The fourth-order valence-electron chi connectivity index (χ4n) is 4.65. The molecule has 0 radical (unpaired) electrons. The first-order valence-electron chi connectivity index (χ1n) is 11.0. The van der Waals surface area contributed by atoms with Crippen LogP contribution in [0.5, 0.6) is 0 Å². The highest BCUT2D eigenvalue weighted by atomic mass is 16.2. The molecule has 4 amide bonds. The predicted octanol–water partition coefficient (Wildman–Crippen LogP) is 1.74. The topological polar surface area (TPSA) is 118 Å². The lowest BCUT2D eigenvalue weighted by Gasteiger charge is -2.30. The van der Waals surface area contributed by atoms with Crippen LogP contribution in [0.15, 0.2) is 53.5 Å². The third-order valence-corrected chi connectivity index (χ3v) is 6.29. The zero-order valence-electron chi connectivity index (χ0n) is 18.0. The summed E-state index contributed by atoms with van der Waals surface area (Å²) in [6, 6.07) is 11.8. The molecule has 10 nitrogen and oxygen atoms in total. The van der Waals surface area contributed by atoms with Gasteiger partial charge in [-0.2, -0.15) is 0 Å². The molecular formula is C23H24N6O4. The highest BCUT2D eigenvalue weighted by Crippen LogP contribution is 2.33. The van der Waals surface area contributed by atoms with Gasteiger partial charge in [-0.1, -0.05) is 37.5 Å². The van der Waals surface area contributed by atoms with Crippen LogP contribution in [0.2, 0.25) is 0 Å². The Morgan fingerprint density at radius 3 is 2.67 bits per heavy atom. The number of anilines is 1. The Hall–Kier alpha value is -3.95. The number of amides is 4. The molecule has 1 saturated carbocycles. The average Bonchev–Trinajstić information content (AvgIpc) is 3.23. The fourth-order valence-corrected chi connectivity index (χ4v) is 4.65. The monoisotopic (exact) mass is 448 g/mol. The molecule has 1 saturated heterocycles. The molecule has 10 heteroatoms. The molecule has 5 rings (SSSR count). The number of hydrogen-bond acceptors (Lipinski definition) is 5. The van der Waals surface area contributed by atoms with Crippen molar-refractivity contribution in [1.82, 2.24) is 24.4 Å². The second-order valence-electron chi connectivity index (χ2n) is 8.58. The zero-order chi connectivity index (χ0) is 23.0. The maximum absolute atomic E-state index is 12.9. The van der Waals surface area contributed by atoms with Gasteiger partial charge in [0.2, 0.25) is 5.91 Å². The van der Waals surface area contributed by atoms with Crippen molar-refractivity contribution in [3.63, 3.8) is 0 Å². The molecule has 2 aliphatic rings. The van der Waals surface area contributed by atoms with Crippen molar-refractivity contribution in [2.75, 3.05) is 11.9 Å². The minimum atomic E-state index is -0.850. The van der Waals surface area contributed by atoms with Gasteiger partial charge in [0.05, 0.1) is 6.54 Å². The van der Waals surface area contributed by atoms with E-state index in [-0.39, 0.29) is 24.7 Å². The Balaban J connectivity index is 1.26. The lowest BCUT2D eigenvalue weighted by Crippen LogP contribution is -2.48.